The minimum Gasteiger partial charge on any atom is -0.496 e. The van der Waals surface area contributed by atoms with Crippen LogP contribution in [0.1, 0.15) is 31.2 Å². The first-order valence-corrected chi connectivity index (χ1v) is 10.4. The third-order valence-electron chi connectivity index (χ3n) is 6.66. The Hall–Kier alpha value is -1.99. The Morgan fingerprint density at radius 2 is 1.64 bits per heavy atom. The fraction of sp³-hybridized carbons (Fsp3) is 0.619. The van der Waals surface area contributed by atoms with E-state index in [4.69, 9.17) is 4.74 Å². The van der Waals surface area contributed by atoms with E-state index in [9.17, 15) is 14.0 Å². The summed E-state index contributed by atoms with van der Waals surface area (Å²) in [5.41, 5.74) is 0.884. The molecule has 1 aromatic rings. The molecule has 0 spiro atoms. The number of halogens is 1. The monoisotopic (exact) mass is 391 g/mol. The van der Waals surface area contributed by atoms with Gasteiger partial charge in [0.05, 0.1) is 24.5 Å². The molecule has 2 amide bonds. The molecule has 2 heterocycles. The molecular formula is C21H30FN3O3+2. The number of carbonyl (C=O) groups is 2. The van der Waals surface area contributed by atoms with Crippen LogP contribution in [-0.2, 0) is 16.1 Å². The molecule has 2 atom stereocenters. The average molecular weight is 391 g/mol. The summed E-state index contributed by atoms with van der Waals surface area (Å²) in [5.74, 6) is 0.468. The summed E-state index contributed by atoms with van der Waals surface area (Å²) in [7, 11) is 1.61. The lowest BCUT2D eigenvalue weighted by molar-refractivity contribution is -1.02. The van der Waals surface area contributed by atoms with E-state index in [1.165, 1.54) is 20.8 Å². The number of ether oxygens (including phenoxy) is 1. The minimum absolute atomic E-state index is 0.0569. The molecule has 2 N–H and O–H groups in total. The van der Waals surface area contributed by atoms with Gasteiger partial charge >= 0.3 is 0 Å². The van der Waals surface area contributed by atoms with Crippen molar-refractivity contribution in [2.75, 3.05) is 40.0 Å². The van der Waals surface area contributed by atoms with E-state index in [-0.39, 0.29) is 29.5 Å². The lowest BCUT2D eigenvalue weighted by Crippen LogP contribution is -3.28. The van der Waals surface area contributed by atoms with Gasteiger partial charge in [0.25, 0.3) is 0 Å². The molecule has 1 aromatic carbocycles. The number of nitrogens with one attached hydrogen (secondary N) is 2. The Kier molecular flexibility index (Phi) is 5.64. The van der Waals surface area contributed by atoms with E-state index < -0.39 is 0 Å². The summed E-state index contributed by atoms with van der Waals surface area (Å²) in [6.07, 6.45) is 3.86. The van der Waals surface area contributed by atoms with Crippen molar-refractivity contribution in [2.24, 2.45) is 11.8 Å². The van der Waals surface area contributed by atoms with Crippen molar-refractivity contribution in [3.63, 3.8) is 0 Å². The molecule has 7 heteroatoms. The van der Waals surface area contributed by atoms with Gasteiger partial charge in [-0.2, -0.15) is 0 Å². The molecule has 28 heavy (non-hydrogen) atoms. The maximum Gasteiger partial charge on any atom is 0.237 e. The van der Waals surface area contributed by atoms with Crippen molar-refractivity contribution in [1.82, 2.24) is 4.90 Å². The quantitative estimate of drug-likeness (QED) is 0.650. The van der Waals surface area contributed by atoms with Crippen molar-refractivity contribution >= 4 is 11.8 Å². The van der Waals surface area contributed by atoms with Gasteiger partial charge in [-0.25, -0.2) is 9.29 Å². The number of piperazine rings is 1. The second kappa shape index (κ2) is 8.17. The average Bonchev–Trinajstić information content (AvgIpc) is 2.95. The van der Waals surface area contributed by atoms with Crippen molar-refractivity contribution in [3.8, 4) is 5.75 Å². The lowest BCUT2D eigenvalue weighted by Gasteiger charge is -2.31. The van der Waals surface area contributed by atoms with Crippen LogP contribution in [0.25, 0.3) is 0 Å². The Balaban J connectivity index is 1.32. The lowest BCUT2D eigenvalue weighted by atomic mass is 9.81. The first-order valence-electron chi connectivity index (χ1n) is 10.4. The van der Waals surface area contributed by atoms with Gasteiger partial charge in [0.15, 0.2) is 6.67 Å². The van der Waals surface area contributed by atoms with E-state index in [1.54, 1.807) is 19.2 Å². The fourth-order valence-electron chi connectivity index (χ4n) is 5.06. The van der Waals surface area contributed by atoms with Crippen molar-refractivity contribution in [1.29, 1.82) is 0 Å². The van der Waals surface area contributed by atoms with E-state index in [0.717, 1.165) is 69.7 Å². The molecule has 2 saturated heterocycles. The largest absolute Gasteiger partial charge is 0.496 e. The molecule has 3 fully saturated rings. The van der Waals surface area contributed by atoms with Gasteiger partial charge in [0.2, 0.25) is 11.8 Å². The second-order valence-electron chi connectivity index (χ2n) is 8.39. The van der Waals surface area contributed by atoms with Gasteiger partial charge in [-0.15, -0.1) is 0 Å². The number of benzene rings is 1. The highest BCUT2D eigenvalue weighted by Gasteiger charge is 2.49. The van der Waals surface area contributed by atoms with E-state index in [0.29, 0.717) is 6.67 Å². The SMILES string of the molecule is COc1ccc(F)cc1C[NH+]1CC[NH+](CN2C(=O)[C@H]3CCCC[C@H]3C2=O)CC1. The maximum atomic E-state index is 13.6. The van der Waals surface area contributed by atoms with Gasteiger partial charge < -0.3 is 14.5 Å². The second-order valence-corrected chi connectivity index (χ2v) is 8.39. The number of likely N-dealkylation sites (tertiary alicyclic amines) is 1. The zero-order valence-corrected chi connectivity index (χ0v) is 16.5. The molecule has 0 aromatic heterocycles. The van der Waals surface area contributed by atoms with Crippen LogP contribution in [0.4, 0.5) is 4.39 Å². The zero-order chi connectivity index (χ0) is 19.7. The number of rotatable bonds is 5. The van der Waals surface area contributed by atoms with Crippen molar-refractivity contribution in [3.05, 3.63) is 29.6 Å². The van der Waals surface area contributed by atoms with Crippen LogP contribution in [-0.4, -0.2) is 56.7 Å². The number of quaternary nitrogens is 2. The Morgan fingerprint density at radius 3 is 2.25 bits per heavy atom. The van der Waals surface area contributed by atoms with Crippen LogP contribution in [0.5, 0.6) is 5.75 Å². The Labute approximate surface area is 165 Å². The first kappa shape index (κ1) is 19.3. The van der Waals surface area contributed by atoms with Crippen LogP contribution in [0.15, 0.2) is 18.2 Å². The van der Waals surface area contributed by atoms with Crippen LogP contribution >= 0.6 is 0 Å². The minimum atomic E-state index is -0.244. The number of amides is 2. The molecule has 4 rings (SSSR count). The summed E-state index contributed by atoms with van der Waals surface area (Å²) in [6, 6.07) is 4.64. The normalized spacial score (nSPS) is 30.4. The summed E-state index contributed by atoms with van der Waals surface area (Å²) in [5, 5.41) is 0. The molecule has 1 saturated carbocycles. The predicted molar refractivity (Wildman–Crippen MR) is 100 cm³/mol. The topological polar surface area (TPSA) is 55.5 Å². The van der Waals surface area contributed by atoms with Gasteiger partial charge in [-0.3, -0.25) is 9.59 Å². The number of carbonyl (C=O) groups excluding carboxylic acids is 2. The van der Waals surface area contributed by atoms with Crippen molar-refractivity contribution in [2.45, 2.75) is 32.2 Å². The Morgan fingerprint density at radius 1 is 1.04 bits per heavy atom. The van der Waals surface area contributed by atoms with Gasteiger partial charge in [-0.05, 0) is 31.0 Å². The molecule has 3 aliphatic rings. The predicted octanol–water partition coefficient (Wildman–Crippen LogP) is -0.750. The van der Waals surface area contributed by atoms with Gasteiger partial charge in [0.1, 0.15) is 44.3 Å². The molecule has 2 aliphatic heterocycles. The molecule has 6 nitrogen and oxygen atoms in total. The number of methoxy groups -OCH3 is 1. The third-order valence-corrected chi connectivity index (χ3v) is 6.66. The first-order chi connectivity index (χ1) is 13.6. The smallest absolute Gasteiger partial charge is 0.237 e. The highest BCUT2D eigenvalue weighted by Crippen LogP contribution is 2.37. The summed E-state index contributed by atoms with van der Waals surface area (Å²) in [4.78, 5) is 29.5. The molecular weight excluding hydrogens is 361 g/mol. The van der Waals surface area contributed by atoms with Crippen molar-refractivity contribution < 1.29 is 28.5 Å². The summed E-state index contributed by atoms with van der Waals surface area (Å²) >= 11 is 0. The molecule has 0 radical (unpaired) electrons. The van der Waals surface area contributed by atoms with Gasteiger partial charge in [-0.1, -0.05) is 12.8 Å². The number of hydrogen-bond donors (Lipinski definition) is 2. The van der Waals surface area contributed by atoms with Crippen LogP contribution < -0.4 is 14.5 Å². The van der Waals surface area contributed by atoms with Crippen LogP contribution in [0.3, 0.4) is 0 Å². The molecule has 0 bridgehead atoms. The third kappa shape index (κ3) is 3.78. The molecule has 0 unspecified atom stereocenters. The zero-order valence-electron chi connectivity index (χ0n) is 16.5. The highest BCUT2D eigenvalue weighted by molar-refractivity contribution is 6.05. The van der Waals surface area contributed by atoms with Gasteiger partial charge in [0, 0.05) is 0 Å². The van der Waals surface area contributed by atoms with Crippen LogP contribution in [0, 0.1) is 17.7 Å². The van der Waals surface area contributed by atoms with E-state index in [1.807, 2.05) is 0 Å². The Bertz CT molecular complexity index is 724. The standard InChI is InChI=1S/C21H28FN3O3/c1-28-19-7-6-16(22)12-15(19)13-23-8-10-24(11-9-23)14-25-20(26)17-4-2-3-5-18(17)21(25)27/h6-7,12,17-18H,2-5,8-11,13-14H2,1H3/p+2/t17-,18+. The molecule has 1 aliphatic carbocycles. The van der Waals surface area contributed by atoms with E-state index >= 15 is 0 Å². The summed E-state index contributed by atoms with van der Waals surface area (Å²) in [6.45, 7) is 4.88. The fourth-order valence-corrected chi connectivity index (χ4v) is 5.06. The summed E-state index contributed by atoms with van der Waals surface area (Å²) < 4.78 is 18.9. The number of hydrogen-bond acceptors (Lipinski definition) is 3. The highest BCUT2D eigenvalue weighted by atomic mass is 19.1. The molecule has 152 valence electrons. The maximum absolute atomic E-state index is 13.6. The number of imide groups is 1. The van der Waals surface area contributed by atoms with E-state index in [2.05, 4.69) is 0 Å². The number of nitrogens with zero attached hydrogens (tertiary/aromatic N) is 1. The number of fused-ring (bicyclic) bond motifs is 1. The van der Waals surface area contributed by atoms with Crippen LogP contribution in [0.2, 0.25) is 0 Å².